The summed E-state index contributed by atoms with van der Waals surface area (Å²) in [5.41, 5.74) is 2.32. The lowest BCUT2D eigenvalue weighted by atomic mass is 10.1. The van der Waals surface area contributed by atoms with Crippen LogP contribution in [0.3, 0.4) is 0 Å². The molecular formula is C14H15N3O2. The Kier molecular flexibility index (Phi) is 4.07. The SMILES string of the molecule is Cc1ccc(OCC(=O)Nc2ncccn2)cc1C. The van der Waals surface area contributed by atoms with Gasteiger partial charge in [-0.2, -0.15) is 0 Å². The van der Waals surface area contributed by atoms with E-state index in [4.69, 9.17) is 4.74 Å². The fourth-order valence-corrected chi connectivity index (χ4v) is 1.48. The third kappa shape index (κ3) is 3.77. The molecule has 0 aliphatic carbocycles. The number of nitrogens with zero attached hydrogens (tertiary/aromatic N) is 2. The maximum atomic E-state index is 11.6. The molecule has 0 aliphatic rings. The molecule has 2 aromatic rings. The number of carbonyl (C=O) groups is 1. The molecule has 1 amide bonds. The van der Waals surface area contributed by atoms with Crippen molar-refractivity contribution < 1.29 is 9.53 Å². The van der Waals surface area contributed by atoms with Gasteiger partial charge in [0.05, 0.1) is 0 Å². The smallest absolute Gasteiger partial charge is 0.264 e. The Morgan fingerprint density at radius 1 is 1.21 bits per heavy atom. The Morgan fingerprint density at radius 3 is 2.63 bits per heavy atom. The Balaban J connectivity index is 1.88. The van der Waals surface area contributed by atoms with Crippen LogP contribution in [0.5, 0.6) is 5.75 Å². The number of carbonyl (C=O) groups excluding carboxylic acids is 1. The van der Waals surface area contributed by atoms with Gasteiger partial charge in [0.1, 0.15) is 5.75 Å². The first-order valence-corrected chi connectivity index (χ1v) is 5.92. The number of anilines is 1. The van der Waals surface area contributed by atoms with Gasteiger partial charge in [-0.15, -0.1) is 0 Å². The normalized spacial score (nSPS) is 10.0. The van der Waals surface area contributed by atoms with E-state index in [-0.39, 0.29) is 18.5 Å². The predicted octanol–water partition coefficient (Wildman–Crippen LogP) is 2.11. The second-order valence-corrected chi connectivity index (χ2v) is 4.16. The van der Waals surface area contributed by atoms with Gasteiger partial charge < -0.3 is 4.74 Å². The highest BCUT2D eigenvalue weighted by molar-refractivity contribution is 5.90. The molecule has 19 heavy (non-hydrogen) atoms. The number of nitrogens with one attached hydrogen (secondary N) is 1. The van der Waals surface area contributed by atoms with Crippen molar-refractivity contribution in [1.29, 1.82) is 0 Å². The summed E-state index contributed by atoms with van der Waals surface area (Å²) in [6, 6.07) is 7.39. The molecule has 0 atom stereocenters. The number of hydrogen-bond acceptors (Lipinski definition) is 4. The van der Waals surface area contributed by atoms with Crippen LogP contribution in [0.25, 0.3) is 0 Å². The lowest BCUT2D eigenvalue weighted by Gasteiger charge is -2.08. The van der Waals surface area contributed by atoms with Crippen LogP contribution in [0.1, 0.15) is 11.1 Å². The standard InChI is InChI=1S/C14H15N3O2/c1-10-4-5-12(8-11(10)2)19-9-13(18)17-14-15-6-3-7-16-14/h3-8H,9H2,1-2H3,(H,15,16,17,18). The molecule has 1 aromatic carbocycles. The Hall–Kier alpha value is -2.43. The quantitative estimate of drug-likeness (QED) is 0.911. The van der Waals surface area contributed by atoms with Crippen molar-refractivity contribution in [3.8, 4) is 5.75 Å². The first-order chi connectivity index (χ1) is 9.15. The van der Waals surface area contributed by atoms with Crippen molar-refractivity contribution >= 4 is 11.9 Å². The molecule has 0 saturated carbocycles. The van der Waals surface area contributed by atoms with Gasteiger partial charge in [0.15, 0.2) is 6.61 Å². The summed E-state index contributed by atoms with van der Waals surface area (Å²) in [5, 5.41) is 2.55. The van der Waals surface area contributed by atoms with Crippen molar-refractivity contribution in [2.75, 3.05) is 11.9 Å². The molecule has 0 fully saturated rings. The van der Waals surface area contributed by atoms with Gasteiger partial charge in [-0.3, -0.25) is 10.1 Å². The minimum absolute atomic E-state index is 0.0687. The van der Waals surface area contributed by atoms with Gasteiger partial charge in [0.2, 0.25) is 5.95 Å². The zero-order valence-electron chi connectivity index (χ0n) is 10.9. The van der Waals surface area contributed by atoms with Gasteiger partial charge >= 0.3 is 0 Å². The van der Waals surface area contributed by atoms with Crippen molar-refractivity contribution in [3.63, 3.8) is 0 Å². The van der Waals surface area contributed by atoms with Gasteiger partial charge in [-0.25, -0.2) is 9.97 Å². The minimum Gasteiger partial charge on any atom is -0.484 e. The molecule has 5 heteroatoms. The van der Waals surface area contributed by atoms with Crippen molar-refractivity contribution in [2.24, 2.45) is 0 Å². The summed E-state index contributed by atoms with van der Waals surface area (Å²) in [7, 11) is 0. The van der Waals surface area contributed by atoms with Crippen molar-refractivity contribution in [1.82, 2.24) is 9.97 Å². The molecule has 98 valence electrons. The minimum atomic E-state index is -0.288. The summed E-state index contributed by atoms with van der Waals surface area (Å²) in [6.45, 7) is 3.96. The monoisotopic (exact) mass is 257 g/mol. The molecule has 0 aliphatic heterocycles. The molecule has 0 saturated heterocycles. The van der Waals surface area contributed by atoms with Crippen LogP contribution in [0.4, 0.5) is 5.95 Å². The maximum absolute atomic E-state index is 11.6. The molecule has 0 bridgehead atoms. The number of amides is 1. The molecule has 1 heterocycles. The average molecular weight is 257 g/mol. The zero-order chi connectivity index (χ0) is 13.7. The second kappa shape index (κ2) is 5.95. The summed E-state index contributed by atoms with van der Waals surface area (Å²) in [6.07, 6.45) is 3.12. The number of rotatable bonds is 4. The molecule has 0 unspecified atom stereocenters. The third-order valence-electron chi connectivity index (χ3n) is 2.67. The molecule has 0 spiro atoms. The molecule has 5 nitrogen and oxygen atoms in total. The largest absolute Gasteiger partial charge is 0.484 e. The lowest BCUT2D eigenvalue weighted by molar-refractivity contribution is -0.118. The van der Waals surface area contributed by atoms with Crippen LogP contribution in [0.15, 0.2) is 36.7 Å². The van der Waals surface area contributed by atoms with Crippen molar-refractivity contribution in [2.45, 2.75) is 13.8 Å². The Labute approximate surface area is 111 Å². The molecule has 0 radical (unpaired) electrons. The van der Waals surface area contributed by atoms with Gasteiger partial charge in [0, 0.05) is 12.4 Å². The van der Waals surface area contributed by atoms with Crippen LogP contribution in [-0.4, -0.2) is 22.5 Å². The zero-order valence-corrected chi connectivity index (χ0v) is 10.9. The number of aromatic nitrogens is 2. The summed E-state index contributed by atoms with van der Waals surface area (Å²) in [4.78, 5) is 19.4. The van der Waals surface area contributed by atoms with Gasteiger partial charge in [0.25, 0.3) is 5.91 Å². The fourth-order valence-electron chi connectivity index (χ4n) is 1.48. The first-order valence-electron chi connectivity index (χ1n) is 5.92. The van der Waals surface area contributed by atoms with E-state index in [9.17, 15) is 4.79 Å². The first kappa shape index (κ1) is 13.0. The van der Waals surface area contributed by atoms with E-state index in [1.165, 1.54) is 5.56 Å². The summed E-state index contributed by atoms with van der Waals surface area (Å²) in [5.74, 6) is 0.660. The van der Waals surface area contributed by atoms with Gasteiger partial charge in [-0.1, -0.05) is 6.07 Å². The van der Waals surface area contributed by atoms with E-state index in [2.05, 4.69) is 15.3 Å². The highest BCUT2D eigenvalue weighted by atomic mass is 16.5. The van der Waals surface area contributed by atoms with E-state index in [1.54, 1.807) is 18.5 Å². The predicted molar refractivity (Wildman–Crippen MR) is 72.1 cm³/mol. The highest BCUT2D eigenvalue weighted by Crippen LogP contribution is 2.16. The van der Waals surface area contributed by atoms with Crippen LogP contribution in [0, 0.1) is 13.8 Å². The second-order valence-electron chi connectivity index (χ2n) is 4.16. The number of hydrogen-bond donors (Lipinski definition) is 1. The highest BCUT2D eigenvalue weighted by Gasteiger charge is 2.05. The molecule has 2 rings (SSSR count). The third-order valence-corrected chi connectivity index (χ3v) is 2.67. The van der Waals surface area contributed by atoms with Gasteiger partial charge in [-0.05, 0) is 43.2 Å². The average Bonchev–Trinajstić information content (AvgIpc) is 2.41. The molecule has 1 aromatic heterocycles. The van der Waals surface area contributed by atoms with Crippen LogP contribution in [0.2, 0.25) is 0 Å². The molecule has 1 N–H and O–H groups in total. The van der Waals surface area contributed by atoms with E-state index >= 15 is 0 Å². The Morgan fingerprint density at radius 2 is 1.95 bits per heavy atom. The lowest BCUT2D eigenvalue weighted by Crippen LogP contribution is -2.21. The van der Waals surface area contributed by atoms with Crippen LogP contribution >= 0.6 is 0 Å². The number of benzene rings is 1. The van der Waals surface area contributed by atoms with Crippen LogP contribution < -0.4 is 10.1 Å². The Bertz CT molecular complexity index is 570. The van der Waals surface area contributed by atoms with E-state index in [1.807, 2.05) is 32.0 Å². The fraction of sp³-hybridized carbons (Fsp3) is 0.214. The maximum Gasteiger partial charge on any atom is 0.264 e. The van der Waals surface area contributed by atoms with E-state index in [0.29, 0.717) is 5.75 Å². The summed E-state index contributed by atoms with van der Waals surface area (Å²) >= 11 is 0. The van der Waals surface area contributed by atoms with E-state index in [0.717, 1.165) is 5.56 Å². The summed E-state index contributed by atoms with van der Waals surface area (Å²) < 4.78 is 5.41. The number of aryl methyl sites for hydroxylation is 2. The van der Waals surface area contributed by atoms with Crippen LogP contribution in [-0.2, 0) is 4.79 Å². The topological polar surface area (TPSA) is 64.1 Å². The van der Waals surface area contributed by atoms with Crippen molar-refractivity contribution in [3.05, 3.63) is 47.8 Å². The van der Waals surface area contributed by atoms with E-state index < -0.39 is 0 Å². The molecular weight excluding hydrogens is 242 g/mol. The number of ether oxygens (including phenoxy) is 1.